The molecule has 0 aliphatic carbocycles. The van der Waals surface area contributed by atoms with Gasteiger partial charge in [-0.2, -0.15) is 13.2 Å². The number of benzene rings is 3. The highest BCUT2D eigenvalue weighted by Crippen LogP contribution is 2.33. The minimum absolute atomic E-state index is 0.155. The largest absolute Gasteiger partial charge is 0.416 e. The van der Waals surface area contributed by atoms with Crippen LogP contribution in [0.4, 0.5) is 24.5 Å². The zero-order valence-corrected chi connectivity index (χ0v) is 19.2. The van der Waals surface area contributed by atoms with E-state index in [9.17, 15) is 26.4 Å². The average molecular weight is 497 g/mol. The second-order valence-electron chi connectivity index (χ2n) is 7.38. The molecule has 3 aromatic carbocycles. The van der Waals surface area contributed by atoms with Gasteiger partial charge in [-0.3, -0.25) is 9.10 Å². The molecule has 174 valence electrons. The topological polar surface area (TPSA) is 66.5 Å². The Morgan fingerprint density at radius 3 is 2.30 bits per heavy atom. The summed E-state index contributed by atoms with van der Waals surface area (Å²) in [5, 5.41) is 2.94. The van der Waals surface area contributed by atoms with Gasteiger partial charge in [-0.15, -0.1) is 0 Å². The first-order chi connectivity index (χ1) is 15.4. The van der Waals surface area contributed by atoms with Gasteiger partial charge in [0.1, 0.15) is 6.54 Å². The summed E-state index contributed by atoms with van der Waals surface area (Å²) in [6.45, 7) is 2.74. The van der Waals surface area contributed by atoms with Crippen LogP contribution in [0.2, 0.25) is 5.02 Å². The van der Waals surface area contributed by atoms with Crippen molar-refractivity contribution in [1.29, 1.82) is 0 Å². The predicted octanol–water partition coefficient (Wildman–Crippen LogP) is 5.81. The number of aryl methyl sites for hydroxylation is 2. The van der Waals surface area contributed by atoms with E-state index in [2.05, 4.69) is 5.32 Å². The summed E-state index contributed by atoms with van der Waals surface area (Å²) < 4.78 is 67.2. The van der Waals surface area contributed by atoms with Gasteiger partial charge >= 0.3 is 6.18 Å². The minimum Gasteiger partial charge on any atom is -0.324 e. The number of hydrogen-bond acceptors (Lipinski definition) is 3. The van der Waals surface area contributed by atoms with Gasteiger partial charge in [0.2, 0.25) is 5.91 Å². The molecular weight excluding hydrogens is 477 g/mol. The molecule has 3 rings (SSSR count). The van der Waals surface area contributed by atoms with Crippen molar-refractivity contribution in [2.24, 2.45) is 0 Å². The van der Waals surface area contributed by atoms with Crippen molar-refractivity contribution in [3.05, 3.63) is 88.4 Å². The van der Waals surface area contributed by atoms with E-state index in [1.165, 1.54) is 24.3 Å². The lowest BCUT2D eigenvalue weighted by molar-refractivity contribution is -0.137. The van der Waals surface area contributed by atoms with Crippen LogP contribution < -0.4 is 9.62 Å². The zero-order chi connectivity index (χ0) is 24.4. The molecule has 0 heterocycles. The molecule has 10 heteroatoms. The molecule has 0 spiro atoms. The number of halogens is 4. The van der Waals surface area contributed by atoms with Crippen molar-refractivity contribution in [2.75, 3.05) is 16.2 Å². The van der Waals surface area contributed by atoms with Gasteiger partial charge in [0.15, 0.2) is 0 Å². The third-order valence-electron chi connectivity index (χ3n) is 4.83. The van der Waals surface area contributed by atoms with E-state index >= 15 is 0 Å². The van der Waals surface area contributed by atoms with E-state index in [0.717, 1.165) is 17.7 Å². The number of anilines is 2. The number of alkyl halides is 3. The molecule has 0 radical (unpaired) electrons. The lowest BCUT2D eigenvalue weighted by Crippen LogP contribution is -2.38. The molecule has 0 aliphatic rings. The summed E-state index contributed by atoms with van der Waals surface area (Å²) in [4.78, 5) is 12.6. The molecule has 5 nitrogen and oxygen atoms in total. The van der Waals surface area contributed by atoms with Crippen LogP contribution in [0.15, 0.2) is 71.6 Å². The number of rotatable bonds is 6. The SMILES string of the molecule is Cc1ccc(S(=O)(=O)N(CC(=O)Nc2cc(Cl)ccc2C)c2cccc(C(F)(F)F)c2)cc1. The van der Waals surface area contributed by atoms with E-state index in [4.69, 9.17) is 11.6 Å². The summed E-state index contributed by atoms with van der Waals surface area (Å²) >= 11 is 5.96. The lowest BCUT2D eigenvalue weighted by atomic mass is 10.2. The normalized spacial score (nSPS) is 11.8. The molecule has 3 aromatic rings. The fraction of sp³-hybridized carbons (Fsp3) is 0.174. The van der Waals surface area contributed by atoms with Crippen molar-refractivity contribution in [2.45, 2.75) is 24.9 Å². The molecule has 0 aliphatic heterocycles. The molecule has 0 bridgehead atoms. The van der Waals surface area contributed by atoms with E-state index in [1.807, 2.05) is 0 Å². The Morgan fingerprint density at radius 1 is 1.00 bits per heavy atom. The van der Waals surface area contributed by atoms with Gasteiger partial charge in [0, 0.05) is 10.7 Å². The molecular formula is C23H20ClF3N2O3S. The van der Waals surface area contributed by atoms with Gasteiger partial charge in [-0.1, -0.05) is 41.4 Å². The third kappa shape index (κ3) is 5.85. The number of sulfonamides is 1. The Labute approximate surface area is 194 Å². The standard InChI is InChI=1S/C23H20ClF3N2O3S/c1-15-6-10-20(11-7-15)33(31,32)29(19-5-3-4-17(12-19)23(25,26)27)14-22(30)28-21-13-18(24)9-8-16(21)2/h3-13H,14H2,1-2H3,(H,28,30). The lowest BCUT2D eigenvalue weighted by Gasteiger charge is -2.25. The van der Waals surface area contributed by atoms with E-state index < -0.39 is 34.2 Å². The second kappa shape index (κ2) is 9.44. The number of carbonyl (C=O) groups excluding carboxylic acids is 1. The Hall–Kier alpha value is -3.04. The first kappa shape index (κ1) is 24.6. The Bertz CT molecular complexity index is 1280. The Kier molecular flexibility index (Phi) is 7.04. The van der Waals surface area contributed by atoms with Crippen LogP contribution >= 0.6 is 11.6 Å². The van der Waals surface area contributed by atoms with Crippen molar-refractivity contribution in [1.82, 2.24) is 0 Å². The van der Waals surface area contributed by atoms with Crippen LogP contribution in [-0.4, -0.2) is 20.9 Å². The second-order valence-corrected chi connectivity index (χ2v) is 9.68. The van der Waals surface area contributed by atoms with Crippen LogP contribution in [0.5, 0.6) is 0 Å². The molecule has 0 saturated heterocycles. The molecule has 1 amide bonds. The first-order valence-electron chi connectivity index (χ1n) is 9.70. The number of amides is 1. The summed E-state index contributed by atoms with van der Waals surface area (Å²) in [7, 11) is -4.36. The number of nitrogens with one attached hydrogen (secondary N) is 1. The average Bonchev–Trinajstić information content (AvgIpc) is 2.74. The van der Waals surface area contributed by atoms with Crippen LogP contribution in [0.25, 0.3) is 0 Å². The summed E-state index contributed by atoms with van der Waals surface area (Å²) in [5.41, 5.74) is 0.524. The predicted molar refractivity (Wildman–Crippen MR) is 122 cm³/mol. The van der Waals surface area contributed by atoms with Crippen LogP contribution in [0.3, 0.4) is 0 Å². The fourth-order valence-corrected chi connectivity index (χ4v) is 4.62. The van der Waals surface area contributed by atoms with Gasteiger partial charge in [0.25, 0.3) is 10.0 Å². The molecule has 0 atom stereocenters. The Morgan fingerprint density at radius 2 is 1.67 bits per heavy atom. The first-order valence-corrected chi connectivity index (χ1v) is 11.5. The maximum atomic E-state index is 13.4. The molecule has 0 fully saturated rings. The monoisotopic (exact) mass is 496 g/mol. The highest BCUT2D eigenvalue weighted by atomic mass is 35.5. The number of carbonyl (C=O) groups is 1. The molecule has 33 heavy (non-hydrogen) atoms. The highest BCUT2D eigenvalue weighted by Gasteiger charge is 2.33. The highest BCUT2D eigenvalue weighted by molar-refractivity contribution is 7.92. The quantitative estimate of drug-likeness (QED) is 0.468. The molecule has 1 N–H and O–H groups in total. The summed E-state index contributed by atoms with van der Waals surface area (Å²) in [6.07, 6.45) is -4.69. The van der Waals surface area contributed by atoms with Crippen LogP contribution in [0.1, 0.15) is 16.7 Å². The zero-order valence-electron chi connectivity index (χ0n) is 17.7. The maximum Gasteiger partial charge on any atom is 0.416 e. The van der Waals surface area contributed by atoms with E-state index in [-0.39, 0.29) is 10.6 Å². The van der Waals surface area contributed by atoms with Crippen molar-refractivity contribution >= 4 is 38.9 Å². The van der Waals surface area contributed by atoms with E-state index in [1.54, 1.807) is 38.1 Å². The number of nitrogens with zero attached hydrogens (tertiary/aromatic N) is 1. The van der Waals surface area contributed by atoms with Crippen LogP contribution in [-0.2, 0) is 21.0 Å². The smallest absolute Gasteiger partial charge is 0.324 e. The van der Waals surface area contributed by atoms with E-state index in [0.29, 0.717) is 26.6 Å². The van der Waals surface area contributed by atoms with Gasteiger partial charge in [-0.05, 0) is 61.9 Å². The van der Waals surface area contributed by atoms with Gasteiger partial charge in [-0.25, -0.2) is 8.42 Å². The summed E-state index contributed by atoms with van der Waals surface area (Å²) in [6, 6.07) is 14.4. The molecule has 0 unspecified atom stereocenters. The maximum absolute atomic E-state index is 13.4. The molecule has 0 saturated carbocycles. The van der Waals surface area contributed by atoms with Crippen molar-refractivity contribution in [3.8, 4) is 0 Å². The molecule has 0 aromatic heterocycles. The van der Waals surface area contributed by atoms with Crippen molar-refractivity contribution in [3.63, 3.8) is 0 Å². The third-order valence-corrected chi connectivity index (χ3v) is 6.85. The van der Waals surface area contributed by atoms with Crippen molar-refractivity contribution < 1.29 is 26.4 Å². The van der Waals surface area contributed by atoms with Gasteiger partial charge in [0.05, 0.1) is 16.1 Å². The minimum atomic E-state index is -4.69. The van der Waals surface area contributed by atoms with Crippen LogP contribution in [0, 0.1) is 13.8 Å². The Balaban J connectivity index is 2.03. The van der Waals surface area contributed by atoms with Gasteiger partial charge < -0.3 is 5.32 Å². The number of hydrogen-bond donors (Lipinski definition) is 1. The summed E-state index contributed by atoms with van der Waals surface area (Å²) in [5.74, 6) is -0.742. The fourth-order valence-electron chi connectivity index (χ4n) is 3.04.